The Hall–Kier alpha value is -2.21. The van der Waals surface area contributed by atoms with Crippen LogP contribution in [-0.2, 0) is 4.74 Å². The monoisotopic (exact) mass is 303 g/mol. The zero-order valence-electron chi connectivity index (χ0n) is 12.0. The van der Waals surface area contributed by atoms with E-state index in [4.69, 9.17) is 11.2 Å². The van der Waals surface area contributed by atoms with Crippen LogP contribution < -0.4 is 5.32 Å². The van der Waals surface area contributed by atoms with Crippen LogP contribution in [0.5, 0.6) is 0 Å². The fourth-order valence-corrected chi connectivity index (χ4v) is 2.60. The molecule has 116 valence electrons. The molecular formula is C14H17N5O3. The van der Waals surface area contributed by atoms with Crippen molar-refractivity contribution in [3.8, 4) is 12.3 Å². The molecule has 22 heavy (non-hydrogen) atoms. The van der Waals surface area contributed by atoms with Crippen molar-refractivity contribution in [2.75, 3.05) is 11.9 Å². The van der Waals surface area contributed by atoms with E-state index in [1.807, 2.05) is 6.92 Å². The van der Waals surface area contributed by atoms with Crippen LogP contribution in [0.3, 0.4) is 0 Å². The number of aliphatic hydroxyl groups is 2. The van der Waals surface area contributed by atoms with Crippen molar-refractivity contribution < 1.29 is 14.9 Å². The fraction of sp³-hybridized carbons (Fsp3) is 0.500. The van der Waals surface area contributed by atoms with Crippen LogP contribution in [0.4, 0.5) is 5.82 Å². The van der Waals surface area contributed by atoms with Crippen molar-refractivity contribution in [3.05, 3.63) is 12.7 Å². The minimum atomic E-state index is -1.04. The first-order valence-corrected chi connectivity index (χ1v) is 7.03. The Balaban J connectivity index is 1.97. The van der Waals surface area contributed by atoms with Crippen molar-refractivity contribution in [2.24, 2.45) is 0 Å². The molecule has 0 aromatic carbocycles. The average molecular weight is 303 g/mol. The van der Waals surface area contributed by atoms with Gasteiger partial charge < -0.3 is 20.3 Å². The van der Waals surface area contributed by atoms with Crippen molar-refractivity contribution in [1.29, 1.82) is 0 Å². The van der Waals surface area contributed by atoms with Crippen molar-refractivity contribution >= 4 is 17.0 Å². The van der Waals surface area contributed by atoms with Crippen LogP contribution in [0.15, 0.2) is 12.7 Å². The second-order valence-electron chi connectivity index (χ2n) is 5.06. The lowest BCUT2D eigenvalue weighted by Crippen LogP contribution is -2.31. The maximum absolute atomic E-state index is 10.2. The maximum atomic E-state index is 10.2. The number of rotatable bonds is 4. The van der Waals surface area contributed by atoms with Crippen molar-refractivity contribution in [1.82, 2.24) is 19.5 Å². The number of ether oxygens (including phenoxy) is 1. The number of aromatic nitrogens is 4. The van der Waals surface area contributed by atoms with Gasteiger partial charge in [0.15, 0.2) is 23.2 Å². The van der Waals surface area contributed by atoms with Crippen LogP contribution in [0, 0.1) is 12.3 Å². The molecule has 3 heterocycles. The third kappa shape index (κ3) is 2.29. The van der Waals surface area contributed by atoms with Gasteiger partial charge in [0, 0.05) is 0 Å². The van der Waals surface area contributed by atoms with Gasteiger partial charge in [-0.1, -0.05) is 12.8 Å². The topological polar surface area (TPSA) is 105 Å². The van der Waals surface area contributed by atoms with E-state index >= 15 is 0 Å². The van der Waals surface area contributed by atoms with E-state index in [0.717, 1.165) is 0 Å². The summed E-state index contributed by atoms with van der Waals surface area (Å²) >= 11 is 0. The highest BCUT2D eigenvalue weighted by molar-refractivity contribution is 5.82. The zero-order valence-corrected chi connectivity index (χ0v) is 12.0. The number of nitrogens with zero attached hydrogens (tertiary/aromatic N) is 4. The highest BCUT2D eigenvalue weighted by atomic mass is 16.6. The zero-order chi connectivity index (χ0) is 15.7. The standard InChI is InChI=1S/C14H17N5O3/c1-3-5-15-12-9-13(17-6-16-12)19(7-18-9)14-11(21)10(20)8(4-2)22-14/h1,6-8,10-11,14,20-21H,4-5H2,2H3,(H,15,16,17). The predicted octanol–water partition coefficient (Wildman–Crippen LogP) is -0.0994. The molecule has 4 atom stereocenters. The SMILES string of the molecule is C#CCNc1ncnc2c1ncn2C1OC(CC)C(O)C1O. The van der Waals surface area contributed by atoms with Gasteiger partial charge in [-0.2, -0.15) is 0 Å². The lowest BCUT2D eigenvalue weighted by atomic mass is 10.1. The number of hydrogen-bond acceptors (Lipinski definition) is 7. The van der Waals surface area contributed by atoms with Crippen molar-refractivity contribution in [3.63, 3.8) is 0 Å². The molecule has 1 saturated heterocycles. The molecule has 3 N–H and O–H groups in total. The molecule has 0 radical (unpaired) electrons. The lowest BCUT2D eigenvalue weighted by Gasteiger charge is -2.16. The van der Waals surface area contributed by atoms with Crippen molar-refractivity contribution in [2.45, 2.75) is 37.9 Å². The average Bonchev–Trinajstić information content (AvgIpc) is 3.08. The van der Waals surface area contributed by atoms with Gasteiger partial charge in [0.1, 0.15) is 18.5 Å². The Morgan fingerprint density at radius 3 is 2.86 bits per heavy atom. The molecule has 0 spiro atoms. The Morgan fingerprint density at radius 1 is 1.36 bits per heavy atom. The highest BCUT2D eigenvalue weighted by Crippen LogP contribution is 2.33. The number of anilines is 1. The number of terminal acetylenes is 1. The Bertz CT molecular complexity index is 710. The summed E-state index contributed by atoms with van der Waals surface area (Å²) in [5, 5.41) is 23.2. The van der Waals surface area contributed by atoms with Crippen LogP contribution in [0.2, 0.25) is 0 Å². The van der Waals surface area contributed by atoms with Gasteiger partial charge >= 0.3 is 0 Å². The lowest BCUT2D eigenvalue weighted by molar-refractivity contribution is -0.0355. The summed E-state index contributed by atoms with van der Waals surface area (Å²) in [5.41, 5.74) is 1.03. The predicted molar refractivity (Wildman–Crippen MR) is 78.9 cm³/mol. The number of hydrogen-bond donors (Lipinski definition) is 3. The molecule has 1 aliphatic heterocycles. The summed E-state index contributed by atoms with van der Waals surface area (Å²) in [6.45, 7) is 2.21. The molecule has 0 amide bonds. The number of nitrogens with one attached hydrogen (secondary N) is 1. The first-order valence-electron chi connectivity index (χ1n) is 7.03. The summed E-state index contributed by atoms with van der Waals surface area (Å²) in [5.74, 6) is 2.98. The summed E-state index contributed by atoms with van der Waals surface area (Å²) in [4.78, 5) is 12.6. The Morgan fingerprint density at radius 2 is 2.18 bits per heavy atom. The third-order valence-electron chi connectivity index (χ3n) is 3.73. The maximum Gasteiger partial charge on any atom is 0.167 e. The molecule has 8 heteroatoms. The van der Waals surface area contributed by atoms with Crippen LogP contribution >= 0.6 is 0 Å². The summed E-state index contributed by atoms with van der Waals surface area (Å²) in [6, 6.07) is 0. The molecule has 1 fully saturated rings. The molecule has 0 bridgehead atoms. The van der Waals surface area contributed by atoms with E-state index < -0.39 is 24.5 Å². The van der Waals surface area contributed by atoms with Gasteiger partial charge in [0.25, 0.3) is 0 Å². The third-order valence-corrected chi connectivity index (χ3v) is 3.73. The number of fused-ring (bicyclic) bond motifs is 1. The molecule has 0 saturated carbocycles. The van der Waals surface area contributed by atoms with Gasteiger partial charge in [-0.25, -0.2) is 15.0 Å². The normalized spacial score (nSPS) is 27.9. The quantitative estimate of drug-likeness (QED) is 0.677. The van der Waals surface area contributed by atoms with Gasteiger partial charge in [0.2, 0.25) is 0 Å². The van der Waals surface area contributed by atoms with E-state index in [-0.39, 0.29) is 0 Å². The van der Waals surface area contributed by atoms with E-state index in [1.54, 1.807) is 4.57 Å². The van der Waals surface area contributed by atoms with Gasteiger partial charge in [-0.15, -0.1) is 6.42 Å². The molecule has 4 unspecified atom stereocenters. The molecule has 2 aromatic rings. The van der Waals surface area contributed by atoms with Crippen LogP contribution in [0.25, 0.3) is 11.2 Å². The van der Waals surface area contributed by atoms with E-state index in [9.17, 15) is 10.2 Å². The first kappa shape index (κ1) is 14.7. The van der Waals surface area contributed by atoms with Crippen LogP contribution in [-0.4, -0.2) is 54.6 Å². The first-order chi connectivity index (χ1) is 10.7. The molecule has 3 rings (SSSR count). The second-order valence-corrected chi connectivity index (χ2v) is 5.06. The smallest absolute Gasteiger partial charge is 0.167 e. The number of aliphatic hydroxyl groups excluding tert-OH is 2. The molecule has 0 aliphatic carbocycles. The van der Waals surface area contributed by atoms with Gasteiger partial charge in [0.05, 0.1) is 19.0 Å². The fourth-order valence-electron chi connectivity index (χ4n) is 2.60. The van der Waals surface area contributed by atoms with E-state index in [1.165, 1.54) is 12.7 Å². The molecule has 2 aromatic heterocycles. The second kappa shape index (κ2) is 5.88. The molecule has 8 nitrogen and oxygen atoms in total. The molecule has 1 aliphatic rings. The van der Waals surface area contributed by atoms with Crippen LogP contribution in [0.1, 0.15) is 19.6 Å². The Labute approximate surface area is 127 Å². The summed E-state index contributed by atoms with van der Waals surface area (Å²) in [7, 11) is 0. The molecular weight excluding hydrogens is 286 g/mol. The van der Waals surface area contributed by atoms with Gasteiger partial charge in [-0.3, -0.25) is 4.57 Å². The Kier molecular flexibility index (Phi) is 3.94. The summed E-state index contributed by atoms with van der Waals surface area (Å²) in [6.07, 6.45) is 5.59. The highest BCUT2D eigenvalue weighted by Gasteiger charge is 2.43. The minimum absolute atomic E-state index is 0.318. The van der Waals surface area contributed by atoms with E-state index in [0.29, 0.717) is 29.9 Å². The number of imidazole rings is 1. The largest absolute Gasteiger partial charge is 0.388 e. The van der Waals surface area contributed by atoms with E-state index in [2.05, 4.69) is 26.2 Å². The minimum Gasteiger partial charge on any atom is -0.388 e. The van der Waals surface area contributed by atoms with Gasteiger partial charge in [-0.05, 0) is 6.42 Å². The summed E-state index contributed by atoms with van der Waals surface area (Å²) < 4.78 is 7.32.